The number of aromatic nitrogens is 2. The second kappa shape index (κ2) is 6.66. The fourth-order valence-electron chi connectivity index (χ4n) is 2.14. The maximum atomic E-state index is 5.86. The van der Waals surface area contributed by atoms with E-state index in [2.05, 4.69) is 14.9 Å². The van der Waals surface area contributed by atoms with Crippen LogP contribution < -0.4 is 4.74 Å². The average Bonchev–Trinajstić information content (AvgIpc) is 2.38. The zero-order valence-corrected chi connectivity index (χ0v) is 11.1. The van der Waals surface area contributed by atoms with Gasteiger partial charge in [-0.1, -0.05) is 0 Å². The molecule has 2 heterocycles. The van der Waals surface area contributed by atoms with E-state index in [9.17, 15) is 0 Å². The van der Waals surface area contributed by atoms with Crippen LogP contribution in [0.4, 0.5) is 0 Å². The fourth-order valence-corrected chi connectivity index (χ4v) is 2.14. The summed E-state index contributed by atoms with van der Waals surface area (Å²) in [6.07, 6.45) is 5.77. The smallest absolute Gasteiger partial charge is 0.232 e. The molecule has 0 N–H and O–H groups in total. The molecular formula is C13H21N3O2. The molecule has 0 unspecified atom stereocenters. The van der Waals surface area contributed by atoms with Crippen molar-refractivity contribution in [3.8, 4) is 5.88 Å². The fraction of sp³-hybridized carbons (Fsp3) is 0.692. The number of nitrogens with zero attached hydrogens (tertiary/aromatic N) is 3. The number of rotatable bonds is 5. The van der Waals surface area contributed by atoms with E-state index in [4.69, 9.17) is 9.47 Å². The summed E-state index contributed by atoms with van der Waals surface area (Å²) in [6, 6.07) is 0. The molecule has 5 nitrogen and oxygen atoms in total. The maximum Gasteiger partial charge on any atom is 0.232 e. The Bertz CT molecular complexity index is 365. The van der Waals surface area contributed by atoms with E-state index < -0.39 is 0 Å². The maximum absolute atomic E-state index is 5.86. The Hall–Kier alpha value is -1.20. The van der Waals surface area contributed by atoms with Gasteiger partial charge in [-0.05, 0) is 19.8 Å². The van der Waals surface area contributed by atoms with Crippen molar-refractivity contribution >= 4 is 0 Å². The van der Waals surface area contributed by atoms with Crippen LogP contribution in [0.5, 0.6) is 5.88 Å². The lowest BCUT2D eigenvalue weighted by Crippen LogP contribution is -2.39. The number of methoxy groups -OCH3 is 1. The number of hydrogen-bond acceptors (Lipinski definition) is 5. The number of hydrogen-bond donors (Lipinski definition) is 0. The molecule has 2 rings (SSSR count). The lowest BCUT2D eigenvalue weighted by atomic mass is 10.1. The number of piperidine rings is 1. The second-order valence-corrected chi connectivity index (χ2v) is 4.65. The highest BCUT2D eigenvalue weighted by atomic mass is 16.5. The molecular weight excluding hydrogens is 230 g/mol. The van der Waals surface area contributed by atoms with E-state index in [0.29, 0.717) is 5.88 Å². The third kappa shape index (κ3) is 3.92. The minimum Gasteiger partial charge on any atom is -0.473 e. The van der Waals surface area contributed by atoms with Crippen LogP contribution in [0.3, 0.4) is 0 Å². The van der Waals surface area contributed by atoms with Crippen molar-refractivity contribution in [3.05, 3.63) is 18.1 Å². The molecule has 1 saturated heterocycles. The minimum atomic E-state index is 0.264. The van der Waals surface area contributed by atoms with Gasteiger partial charge in [-0.25, -0.2) is 4.98 Å². The summed E-state index contributed by atoms with van der Waals surface area (Å²) in [7, 11) is 1.74. The van der Waals surface area contributed by atoms with Gasteiger partial charge in [-0.3, -0.25) is 4.98 Å². The van der Waals surface area contributed by atoms with Crippen LogP contribution in [0, 0.1) is 6.92 Å². The number of ether oxygens (including phenoxy) is 2. The predicted molar refractivity (Wildman–Crippen MR) is 68.7 cm³/mol. The van der Waals surface area contributed by atoms with Gasteiger partial charge in [0.15, 0.2) is 0 Å². The highest BCUT2D eigenvalue weighted by Crippen LogP contribution is 2.16. The van der Waals surface area contributed by atoms with Crippen molar-refractivity contribution in [3.63, 3.8) is 0 Å². The average molecular weight is 251 g/mol. The largest absolute Gasteiger partial charge is 0.473 e. The van der Waals surface area contributed by atoms with Crippen molar-refractivity contribution < 1.29 is 9.47 Å². The van der Waals surface area contributed by atoms with Gasteiger partial charge < -0.3 is 14.4 Å². The molecule has 0 saturated carbocycles. The summed E-state index contributed by atoms with van der Waals surface area (Å²) in [6.45, 7) is 5.86. The van der Waals surface area contributed by atoms with Gasteiger partial charge in [0.25, 0.3) is 0 Å². The van der Waals surface area contributed by atoms with Gasteiger partial charge in [0, 0.05) is 32.9 Å². The van der Waals surface area contributed by atoms with Crippen LogP contribution >= 0.6 is 0 Å². The monoisotopic (exact) mass is 251 g/mol. The zero-order chi connectivity index (χ0) is 12.8. The molecule has 1 fully saturated rings. The third-order valence-electron chi connectivity index (χ3n) is 3.17. The van der Waals surface area contributed by atoms with Crippen molar-refractivity contribution in [1.82, 2.24) is 14.9 Å². The van der Waals surface area contributed by atoms with Gasteiger partial charge in [0.05, 0.1) is 18.5 Å². The first-order chi connectivity index (χ1) is 8.78. The molecule has 0 bridgehead atoms. The predicted octanol–water partition coefficient (Wildman–Crippen LogP) is 1.27. The van der Waals surface area contributed by atoms with Crippen molar-refractivity contribution in [1.29, 1.82) is 0 Å². The van der Waals surface area contributed by atoms with Gasteiger partial charge >= 0.3 is 0 Å². The first-order valence-corrected chi connectivity index (χ1v) is 6.44. The van der Waals surface area contributed by atoms with Gasteiger partial charge in [0.2, 0.25) is 5.88 Å². The van der Waals surface area contributed by atoms with E-state index >= 15 is 0 Å². The van der Waals surface area contributed by atoms with Gasteiger partial charge in [-0.2, -0.15) is 0 Å². The number of aryl methyl sites for hydroxylation is 1. The van der Waals surface area contributed by atoms with Crippen LogP contribution in [0.25, 0.3) is 0 Å². The highest BCUT2D eigenvalue weighted by molar-refractivity contribution is 5.07. The first kappa shape index (κ1) is 13.2. The molecule has 0 spiro atoms. The van der Waals surface area contributed by atoms with E-state index in [1.807, 2.05) is 6.92 Å². The Kier molecular flexibility index (Phi) is 4.90. The Labute approximate surface area is 108 Å². The summed E-state index contributed by atoms with van der Waals surface area (Å²) in [5.41, 5.74) is 0.894. The van der Waals surface area contributed by atoms with Crippen LogP contribution in [0.2, 0.25) is 0 Å². The van der Waals surface area contributed by atoms with Crippen molar-refractivity contribution in [2.24, 2.45) is 0 Å². The summed E-state index contributed by atoms with van der Waals surface area (Å²) < 4.78 is 10.9. The molecule has 0 atom stereocenters. The first-order valence-electron chi connectivity index (χ1n) is 6.44. The van der Waals surface area contributed by atoms with Gasteiger partial charge in [-0.15, -0.1) is 0 Å². The second-order valence-electron chi connectivity index (χ2n) is 4.65. The lowest BCUT2D eigenvalue weighted by molar-refractivity contribution is 0.0770. The molecule has 18 heavy (non-hydrogen) atoms. The SMILES string of the molecule is COCCN1CCC(Oc2cncc(C)n2)CC1. The van der Waals surface area contributed by atoms with Crippen LogP contribution in [0.15, 0.2) is 12.4 Å². The molecule has 0 radical (unpaired) electrons. The molecule has 0 aromatic carbocycles. The molecule has 5 heteroatoms. The van der Waals surface area contributed by atoms with Crippen LogP contribution in [0.1, 0.15) is 18.5 Å². The Morgan fingerprint density at radius 1 is 1.33 bits per heavy atom. The van der Waals surface area contributed by atoms with E-state index in [-0.39, 0.29) is 6.10 Å². The standard InChI is InChI=1S/C13H21N3O2/c1-11-9-14-10-13(15-11)18-12-3-5-16(6-4-12)7-8-17-2/h9-10,12H,3-8H2,1-2H3. The summed E-state index contributed by atoms with van der Waals surface area (Å²) >= 11 is 0. The van der Waals surface area contributed by atoms with E-state index in [0.717, 1.165) is 44.8 Å². The number of likely N-dealkylation sites (tertiary alicyclic amines) is 1. The van der Waals surface area contributed by atoms with Crippen LogP contribution in [-0.4, -0.2) is 54.3 Å². The van der Waals surface area contributed by atoms with E-state index in [1.165, 1.54) is 0 Å². The lowest BCUT2D eigenvalue weighted by Gasteiger charge is -2.31. The summed E-state index contributed by atoms with van der Waals surface area (Å²) in [4.78, 5) is 10.8. The summed E-state index contributed by atoms with van der Waals surface area (Å²) in [5, 5.41) is 0. The minimum absolute atomic E-state index is 0.264. The molecule has 0 amide bonds. The molecule has 100 valence electrons. The topological polar surface area (TPSA) is 47.5 Å². The Morgan fingerprint density at radius 3 is 2.78 bits per heavy atom. The van der Waals surface area contributed by atoms with Crippen LogP contribution in [-0.2, 0) is 4.74 Å². The quantitative estimate of drug-likeness (QED) is 0.789. The zero-order valence-electron chi connectivity index (χ0n) is 11.1. The third-order valence-corrected chi connectivity index (χ3v) is 3.17. The van der Waals surface area contributed by atoms with Gasteiger partial charge in [0.1, 0.15) is 6.10 Å². The van der Waals surface area contributed by atoms with Crippen molar-refractivity contribution in [2.75, 3.05) is 33.4 Å². The normalized spacial score (nSPS) is 17.9. The molecule has 1 aromatic rings. The summed E-state index contributed by atoms with van der Waals surface area (Å²) in [5.74, 6) is 0.644. The molecule has 1 aromatic heterocycles. The molecule has 1 aliphatic rings. The van der Waals surface area contributed by atoms with Crippen molar-refractivity contribution in [2.45, 2.75) is 25.9 Å². The van der Waals surface area contributed by atoms with E-state index in [1.54, 1.807) is 19.5 Å². The Balaban J connectivity index is 1.76. The highest BCUT2D eigenvalue weighted by Gasteiger charge is 2.20. The Morgan fingerprint density at radius 2 is 2.11 bits per heavy atom. The molecule has 1 aliphatic heterocycles. The molecule has 0 aliphatic carbocycles.